The average molecular weight is 270 g/mol. The molecule has 0 saturated heterocycles. The minimum Gasteiger partial charge on any atom is -0.481 e. The zero-order valence-electron chi connectivity index (χ0n) is 11.3. The predicted molar refractivity (Wildman–Crippen MR) is 75.5 cm³/mol. The first-order valence-electron chi connectivity index (χ1n) is 6.09. The molecule has 0 aliphatic heterocycles. The third-order valence-electron chi connectivity index (χ3n) is 3.06. The van der Waals surface area contributed by atoms with Crippen molar-refractivity contribution in [2.24, 2.45) is 5.92 Å². The Labute approximate surface area is 113 Å². The molecule has 100 valence electrons. The van der Waals surface area contributed by atoms with Crippen molar-refractivity contribution < 1.29 is 9.90 Å². The summed E-state index contributed by atoms with van der Waals surface area (Å²) in [5.74, 6) is -1.19. The average Bonchev–Trinajstić information content (AvgIpc) is 2.29. The fourth-order valence-corrected chi connectivity index (χ4v) is 2.04. The smallest absolute Gasteiger partial charge is 0.308 e. The van der Waals surface area contributed by atoms with Crippen molar-refractivity contribution in [2.45, 2.75) is 33.7 Å². The number of halogens is 1. The molecule has 0 saturated carbocycles. The number of anilines is 1. The van der Waals surface area contributed by atoms with E-state index in [4.69, 9.17) is 16.7 Å². The highest BCUT2D eigenvalue weighted by atomic mass is 35.5. The molecular weight excluding hydrogens is 250 g/mol. The second-order valence-electron chi connectivity index (χ2n) is 4.87. The van der Waals surface area contributed by atoms with Gasteiger partial charge in [0.25, 0.3) is 0 Å². The molecule has 0 aliphatic rings. The highest BCUT2D eigenvalue weighted by Gasteiger charge is 2.20. The van der Waals surface area contributed by atoms with Gasteiger partial charge >= 0.3 is 5.97 Å². The maximum atomic E-state index is 11.0. The first-order valence-corrected chi connectivity index (χ1v) is 6.47. The summed E-state index contributed by atoms with van der Waals surface area (Å²) >= 11 is 6.12. The van der Waals surface area contributed by atoms with E-state index in [1.165, 1.54) is 0 Å². The zero-order chi connectivity index (χ0) is 13.9. The van der Waals surface area contributed by atoms with Crippen molar-refractivity contribution in [2.75, 3.05) is 11.4 Å². The molecule has 3 nitrogen and oxygen atoms in total. The van der Waals surface area contributed by atoms with Crippen molar-refractivity contribution in [1.82, 2.24) is 0 Å². The molecule has 0 amide bonds. The van der Waals surface area contributed by atoms with Crippen LogP contribution in [0.5, 0.6) is 0 Å². The molecule has 1 atom stereocenters. The van der Waals surface area contributed by atoms with Gasteiger partial charge in [-0.05, 0) is 38.5 Å². The number of hydrogen-bond donors (Lipinski definition) is 1. The molecule has 0 fully saturated rings. The zero-order valence-corrected chi connectivity index (χ0v) is 12.0. The van der Waals surface area contributed by atoms with Crippen molar-refractivity contribution in [1.29, 1.82) is 0 Å². The highest BCUT2D eigenvalue weighted by molar-refractivity contribution is 6.31. The normalized spacial score (nSPS) is 12.6. The summed E-state index contributed by atoms with van der Waals surface area (Å²) in [5.41, 5.74) is 2.00. The number of aliphatic carboxylic acids is 1. The van der Waals surface area contributed by atoms with Crippen LogP contribution in [-0.4, -0.2) is 23.7 Å². The lowest BCUT2D eigenvalue weighted by molar-refractivity contribution is -0.140. The number of nitrogens with zero attached hydrogens (tertiary/aromatic N) is 1. The molecule has 1 N–H and O–H groups in total. The van der Waals surface area contributed by atoms with Gasteiger partial charge in [-0.1, -0.05) is 24.6 Å². The molecular formula is C14H20ClNO2. The van der Waals surface area contributed by atoms with Crippen molar-refractivity contribution in [3.63, 3.8) is 0 Å². The number of carboxylic acids is 1. The summed E-state index contributed by atoms with van der Waals surface area (Å²) in [6.45, 7) is 8.26. The number of hydrogen-bond acceptors (Lipinski definition) is 2. The largest absolute Gasteiger partial charge is 0.481 e. The molecule has 1 aromatic rings. The van der Waals surface area contributed by atoms with Crippen LogP contribution in [0.25, 0.3) is 0 Å². The number of carbonyl (C=O) groups is 1. The summed E-state index contributed by atoms with van der Waals surface area (Å²) in [5, 5.41) is 9.74. The molecule has 0 aromatic heterocycles. The van der Waals surface area contributed by atoms with Gasteiger partial charge in [-0.2, -0.15) is 0 Å². The molecule has 0 spiro atoms. The summed E-state index contributed by atoms with van der Waals surface area (Å²) in [6, 6.07) is 5.95. The fourth-order valence-electron chi connectivity index (χ4n) is 1.87. The van der Waals surface area contributed by atoms with Gasteiger partial charge < -0.3 is 10.0 Å². The summed E-state index contributed by atoms with van der Waals surface area (Å²) in [6.07, 6.45) is 0. The highest BCUT2D eigenvalue weighted by Crippen LogP contribution is 2.28. The standard InChI is InChI=1S/C14H20ClNO2/c1-9(2)16(8-10(3)14(17)18)13-7-5-6-12(15)11(13)4/h5-7,9-10H,8H2,1-4H3,(H,17,18). The first-order chi connectivity index (χ1) is 8.34. The molecule has 0 bridgehead atoms. The fraction of sp³-hybridized carbons (Fsp3) is 0.500. The maximum absolute atomic E-state index is 11.0. The molecule has 4 heteroatoms. The van der Waals surface area contributed by atoms with Crippen LogP contribution in [0.1, 0.15) is 26.3 Å². The van der Waals surface area contributed by atoms with E-state index in [1.54, 1.807) is 6.92 Å². The van der Waals surface area contributed by atoms with Gasteiger partial charge in [-0.3, -0.25) is 4.79 Å². The molecule has 1 aromatic carbocycles. The first kappa shape index (κ1) is 14.8. The lowest BCUT2D eigenvalue weighted by Crippen LogP contribution is -2.37. The van der Waals surface area contributed by atoms with Crippen molar-refractivity contribution in [3.8, 4) is 0 Å². The second kappa shape index (κ2) is 6.10. The molecule has 0 heterocycles. The Morgan fingerprint density at radius 1 is 1.39 bits per heavy atom. The monoisotopic (exact) mass is 269 g/mol. The molecule has 18 heavy (non-hydrogen) atoms. The molecule has 1 rings (SSSR count). The third-order valence-corrected chi connectivity index (χ3v) is 3.47. The van der Waals surface area contributed by atoms with E-state index >= 15 is 0 Å². The number of rotatable bonds is 5. The molecule has 0 aliphatic carbocycles. The Hall–Kier alpha value is -1.22. The van der Waals surface area contributed by atoms with E-state index in [0.29, 0.717) is 11.6 Å². The Balaban J connectivity index is 3.05. The summed E-state index contributed by atoms with van der Waals surface area (Å²) in [4.78, 5) is 13.1. The number of benzene rings is 1. The van der Waals surface area contributed by atoms with E-state index in [9.17, 15) is 4.79 Å². The SMILES string of the molecule is Cc1c(Cl)cccc1N(CC(C)C(=O)O)C(C)C. The van der Waals surface area contributed by atoms with E-state index in [1.807, 2.05) is 25.1 Å². The lowest BCUT2D eigenvalue weighted by atomic mass is 10.1. The Morgan fingerprint density at radius 2 is 2.00 bits per heavy atom. The van der Waals surface area contributed by atoms with E-state index < -0.39 is 11.9 Å². The van der Waals surface area contributed by atoms with E-state index in [2.05, 4.69) is 18.7 Å². The Morgan fingerprint density at radius 3 is 2.50 bits per heavy atom. The Kier molecular flexibility index (Phi) is 5.03. The Bertz CT molecular complexity index is 432. The van der Waals surface area contributed by atoms with Crippen molar-refractivity contribution >= 4 is 23.3 Å². The predicted octanol–water partition coefficient (Wildman–Crippen LogP) is 3.58. The lowest BCUT2D eigenvalue weighted by Gasteiger charge is -2.32. The summed E-state index contributed by atoms with van der Waals surface area (Å²) < 4.78 is 0. The van der Waals surface area contributed by atoms with Gasteiger partial charge in [0.1, 0.15) is 0 Å². The van der Waals surface area contributed by atoms with Crippen LogP contribution in [0.2, 0.25) is 5.02 Å². The minimum atomic E-state index is -0.777. The quantitative estimate of drug-likeness (QED) is 0.888. The summed E-state index contributed by atoms with van der Waals surface area (Å²) in [7, 11) is 0. The molecule has 0 radical (unpaired) electrons. The van der Waals surface area contributed by atoms with Crippen LogP contribution < -0.4 is 4.90 Å². The van der Waals surface area contributed by atoms with Crippen LogP contribution in [0.3, 0.4) is 0 Å². The van der Waals surface area contributed by atoms with Gasteiger partial charge in [-0.25, -0.2) is 0 Å². The minimum absolute atomic E-state index is 0.226. The van der Waals surface area contributed by atoms with Gasteiger partial charge in [0.05, 0.1) is 5.92 Å². The van der Waals surface area contributed by atoms with Gasteiger partial charge in [0.2, 0.25) is 0 Å². The van der Waals surface area contributed by atoms with Crippen LogP contribution in [0, 0.1) is 12.8 Å². The topological polar surface area (TPSA) is 40.5 Å². The van der Waals surface area contributed by atoms with Gasteiger partial charge in [0.15, 0.2) is 0 Å². The van der Waals surface area contributed by atoms with Crippen LogP contribution >= 0.6 is 11.6 Å². The van der Waals surface area contributed by atoms with Crippen molar-refractivity contribution in [3.05, 3.63) is 28.8 Å². The second-order valence-corrected chi connectivity index (χ2v) is 5.28. The maximum Gasteiger partial charge on any atom is 0.308 e. The number of carboxylic acid groups (broad SMARTS) is 1. The van der Waals surface area contributed by atoms with Crippen LogP contribution in [0.15, 0.2) is 18.2 Å². The van der Waals surface area contributed by atoms with E-state index in [0.717, 1.165) is 11.3 Å². The molecule has 1 unspecified atom stereocenters. The van der Waals surface area contributed by atoms with Crippen LogP contribution in [0.4, 0.5) is 5.69 Å². The van der Waals surface area contributed by atoms with E-state index in [-0.39, 0.29) is 6.04 Å². The van der Waals surface area contributed by atoms with Gasteiger partial charge in [0, 0.05) is 23.3 Å². The van der Waals surface area contributed by atoms with Crippen LogP contribution in [-0.2, 0) is 4.79 Å². The van der Waals surface area contributed by atoms with Gasteiger partial charge in [-0.15, -0.1) is 0 Å². The third kappa shape index (κ3) is 3.39.